The molecule has 0 aromatic rings. The Bertz CT molecular complexity index is 148. The minimum atomic E-state index is 0.325. The largest absolute Gasteiger partial charge is 0.290 e. The van der Waals surface area contributed by atoms with Gasteiger partial charge < -0.3 is 0 Å². The standard InChI is InChI=1S/C10H22N2/c1-6-9-11(5)7-8-12(9)10(2,3)4/h9H,6-8H2,1-5H3. The minimum absolute atomic E-state index is 0.325. The third-order valence-corrected chi connectivity index (χ3v) is 2.79. The van der Waals surface area contributed by atoms with Gasteiger partial charge in [-0.3, -0.25) is 9.80 Å². The summed E-state index contributed by atoms with van der Waals surface area (Å²) in [6.07, 6.45) is 1.89. The lowest BCUT2D eigenvalue weighted by molar-refractivity contribution is 0.0695. The van der Waals surface area contributed by atoms with Crippen LogP contribution in [-0.2, 0) is 0 Å². The molecular weight excluding hydrogens is 148 g/mol. The average molecular weight is 170 g/mol. The fourth-order valence-corrected chi connectivity index (χ4v) is 2.12. The van der Waals surface area contributed by atoms with E-state index in [2.05, 4.69) is 44.5 Å². The molecule has 1 fully saturated rings. The van der Waals surface area contributed by atoms with E-state index in [1.54, 1.807) is 0 Å². The van der Waals surface area contributed by atoms with Crippen LogP contribution < -0.4 is 0 Å². The van der Waals surface area contributed by atoms with Crippen molar-refractivity contribution in [1.82, 2.24) is 9.80 Å². The molecule has 1 unspecified atom stereocenters. The predicted molar refractivity (Wildman–Crippen MR) is 53.2 cm³/mol. The van der Waals surface area contributed by atoms with Crippen molar-refractivity contribution < 1.29 is 0 Å². The molecule has 0 amide bonds. The number of hydrogen-bond acceptors (Lipinski definition) is 2. The van der Waals surface area contributed by atoms with Crippen LogP contribution in [0.25, 0.3) is 0 Å². The molecule has 12 heavy (non-hydrogen) atoms. The first-order valence-electron chi connectivity index (χ1n) is 4.94. The van der Waals surface area contributed by atoms with Gasteiger partial charge in [0.25, 0.3) is 0 Å². The van der Waals surface area contributed by atoms with Crippen LogP contribution in [-0.4, -0.2) is 41.6 Å². The van der Waals surface area contributed by atoms with Gasteiger partial charge in [-0.1, -0.05) is 6.92 Å². The van der Waals surface area contributed by atoms with Crippen molar-refractivity contribution in [1.29, 1.82) is 0 Å². The molecule has 1 aliphatic heterocycles. The maximum atomic E-state index is 2.59. The lowest BCUT2D eigenvalue weighted by atomic mass is 10.1. The zero-order chi connectivity index (χ0) is 9.35. The van der Waals surface area contributed by atoms with Gasteiger partial charge in [0, 0.05) is 18.6 Å². The maximum Gasteiger partial charge on any atom is 0.0622 e. The van der Waals surface area contributed by atoms with E-state index in [4.69, 9.17) is 0 Å². The van der Waals surface area contributed by atoms with Gasteiger partial charge in [0.15, 0.2) is 0 Å². The predicted octanol–water partition coefficient (Wildman–Crippen LogP) is 1.77. The fraction of sp³-hybridized carbons (Fsp3) is 1.00. The number of rotatable bonds is 1. The molecule has 1 rings (SSSR count). The van der Waals surface area contributed by atoms with Crippen molar-refractivity contribution >= 4 is 0 Å². The van der Waals surface area contributed by atoms with E-state index in [-0.39, 0.29) is 0 Å². The second-order valence-corrected chi connectivity index (χ2v) is 4.73. The van der Waals surface area contributed by atoms with Crippen LogP contribution in [0.5, 0.6) is 0 Å². The molecule has 0 radical (unpaired) electrons. The summed E-state index contributed by atoms with van der Waals surface area (Å²) in [4.78, 5) is 5.04. The smallest absolute Gasteiger partial charge is 0.0622 e. The molecule has 0 saturated carbocycles. The molecule has 72 valence electrons. The van der Waals surface area contributed by atoms with Crippen molar-refractivity contribution in [2.75, 3.05) is 20.1 Å². The summed E-state index contributed by atoms with van der Waals surface area (Å²) in [6.45, 7) is 11.6. The Morgan fingerprint density at radius 3 is 2.17 bits per heavy atom. The van der Waals surface area contributed by atoms with E-state index in [1.165, 1.54) is 19.5 Å². The molecular formula is C10H22N2. The lowest BCUT2D eigenvalue weighted by Crippen LogP contribution is -2.47. The van der Waals surface area contributed by atoms with Gasteiger partial charge in [-0.2, -0.15) is 0 Å². The average Bonchev–Trinajstić information content (AvgIpc) is 2.29. The summed E-state index contributed by atoms with van der Waals surface area (Å²) >= 11 is 0. The molecule has 2 nitrogen and oxygen atoms in total. The molecule has 0 aliphatic carbocycles. The molecule has 1 aliphatic rings. The SMILES string of the molecule is CCC1N(C)CCN1C(C)(C)C. The van der Waals surface area contributed by atoms with Crippen LogP contribution in [0, 0.1) is 0 Å². The second-order valence-electron chi connectivity index (χ2n) is 4.73. The third-order valence-electron chi connectivity index (χ3n) is 2.79. The van der Waals surface area contributed by atoms with Gasteiger partial charge in [0.2, 0.25) is 0 Å². The van der Waals surface area contributed by atoms with Gasteiger partial charge in [-0.05, 0) is 34.2 Å². The van der Waals surface area contributed by atoms with Crippen molar-refractivity contribution in [3.63, 3.8) is 0 Å². The Labute approximate surface area is 76.5 Å². The van der Waals surface area contributed by atoms with Crippen molar-refractivity contribution in [2.24, 2.45) is 0 Å². The van der Waals surface area contributed by atoms with Crippen LogP contribution in [0.2, 0.25) is 0 Å². The van der Waals surface area contributed by atoms with Gasteiger partial charge in [-0.25, -0.2) is 0 Å². The zero-order valence-corrected chi connectivity index (χ0v) is 9.09. The van der Waals surface area contributed by atoms with E-state index in [0.717, 1.165) is 0 Å². The summed E-state index contributed by atoms with van der Waals surface area (Å²) in [5.74, 6) is 0. The van der Waals surface area contributed by atoms with Crippen LogP contribution in [0.4, 0.5) is 0 Å². The highest BCUT2D eigenvalue weighted by atomic mass is 15.4. The summed E-state index contributed by atoms with van der Waals surface area (Å²) in [5, 5.41) is 0. The van der Waals surface area contributed by atoms with Crippen LogP contribution in [0.15, 0.2) is 0 Å². The Kier molecular flexibility index (Phi) is 2.79. The van der Waals surface area contributed by atoms with Gasteiger partial charge in [0.1, 0.15) is 0 Å². The van der Waals surface area contributed by atoms with E-state index in [9.17, 15) is 0 Å². The second kappa shape index (κ2) is 3.35. The first kappa shape index (κ1) is 10.0. The lowest BCUT2D eigenvalue weighted by Gasteiger charge is -2.37. The number of likely N-dealkylation sites (N-methyl/N-ethyl adjacent to an activating group) is 1. The third kappa shape index (κ3) is 1.80. The molecule has 0 bridgehead atoms. The Hall–Kier alpha value is -0.0800. The highest BCUT2D eigenvalue weighted by molar-refractivity contribution is 4.87. The molecule has 1 saturated heterocycles. The highest BCUT2D eigenvalue weighted by Crippen LogP contribution is 2.24. The van der Waals surface area contributed by atoms with E-state index in [0.29, 0.717) is 11.7 Å². The number of nitrogens with zero attached hydrogens (tertiary/aromatic N) is 2. The maximum absolute atomic E-state index is 2.59. The quantitative estimate of drug-likeness (QED) is 0.592. The highest BCUT2D eigenvalue weighted by Gasteiger charge is 2.34. The molecule has 0 aromatic heterocycles. The first-order chi connectivity index (χ1) is 5.46. The van der Waals surface area contributed by atoms with Crippen molar-refractivity contribution in [3.05, 3.63) is 0 Å². The van der Waals surface area contributed by atoms with Gasteiger partial charge in [0.05, 0.1) is 6.17 Å². The Morgan fingerprint density at radius 1 is 1.25 bits per heavy atom. The zero-order valence-electron chi connectivity index (χ0n) is 9.09. The molecule has 1 atom stereocenters. The number of hydrogen-bond donors (Lipinski definition) is 0. The Balaban J connectivity index is 2.67. The normalized spacial score (nSPS) is 28.2. The minimum Gasteiger partial charge on any atom is -0.290 e. The van der Waals surface area contributed by atoms with Crippen molar-refractivity contribution in [2.45, 2.75) is 45.8 Å². The van der Waals surface area contributed by atoms with Gasteiger partial charge in [-0.15, -0.1) is 0 Å². The molecule has 0 spiro atoms. The van der Waals surface area contributed by atoms with E-state index < -0.39 is 0 Å². The molecule has 2 heteroatoms. The molecule has 0 aromatic carbocycles. The summed E-state index contributed by atoms with van der Waals surface area (Å²) in [6, 6.07) is 0. The van der Waals surface area contributed by atoms with Gasteiger partial charge >= 0.3 is 0 Å². The van der Waals surface area contributed by atoms with E-state index in [1.807, 2.05) is 0 Å². The van der Waals surface area contributed by atoms with Crippen LogP contribution in [0.1, 0.15) is 34.1 Å². The first-order valence-corrected chi connectivity index (χ1v) is 4.94. The summed E-state index contributed by atoms with van der Waals surface area (Å²) < 4.78 is 0. The van der Waals surface area contributed by atoms with Crippen LogP contribution >= 0.6 is 0 Å². The molecule has 0 N–H and O–H groups in total. The monoisotopic (exact) mass is 170 g/mol. The topological polar surface area (TPSA) is 6.48 Å². The Morgan fingerprint density at radius 2 is 1.83 bits per heavy atom. The van der Waals surface area contributed by atoms with Crippen LogP contribution in [0.3, 0.4) is 0 Å². The summed E-state index contributed by atoms with van der Waals surface area (Å²) in [7, 11) is 2.22. The molecule has 1 heterocycles. The summed E-state index contributed by atoms with van der Waals surface area (Å²) in [5.41, 5.74) is 0.325. The van der Waals surface area contributed by atoms with Crippen molar-refractivity contribution in [3.8, 4) is 0 Å². The fourth-order valence-electron chi connectivity index (χ4n) is 2.12. The van der Waals surface area contributed by atoms with E-state index >= 15 is 0 Å².